The summed E-state index contributed by atoms with van der Waals surface area (Å²) in [6, 6.07) is 4.54. The van der Waals surface area contributed by atoms with E-state index in [1.54, 1.807) is 12.1 Å². The Morgan fingerprint density at radius 3 is 2.65 bits per heavy atom. The average Bonchev–Trinajstić information content (AvgIpc) is 2.76. The van der Waals surface area contributed by atoms with Gasteiger partial charge in [-0.3, -0.25) is 0 Å². The van der Waals surface area contributed by atoms with Crippen molar-refractivity contribution in [2.45, 2.75) is 37.3 Å². The van der Waals surface area contributed by atoms with E-state index in [1.165, 1.54) is 13.2 Å². The third-order valence-corrected chi connectivity index (χ3v) is 3.58. The van der Waals surface area contributed by atoms with Crippen LogP contribution in [0.1, 0.15) is 37.4 Å². The molecular weight excluding hydrogens is 221 g/mol. The summed E-state index contributed by atoms with van der Waals surface area (Å²) < 4.78 is 18.6. The predicted octanol–water partition coefficient (Wildman–Crippen LogP) is 2.14. The SMILES string of the molecule is COc1c(F)cccc1C(O)C1(N)CCCC1. The molecule has 2 rings (SSSR count). The molecule has 1 atom stereocenters. The van der Waals surface area contributed by atoms with E-state index in [4.69, 9.17) is 10.5 Å². The first kappa shape index (κ1) is 12.3. The van der Waals surface area contributed by atoms with Crippen LogP contribution in [0.4, 0.5) is 4.39 Å². The van der Waals surface area contributed by atoms with Gasteiger partial charge in [-0.15, -0.1) is 0 Å². The van der Waals surface area contributed by atoms with Crippen molar-refractivity contribution in [1.29, 1.82) is 0 Å². The zero-order valence-electron chi connectivity index (χ0n) is 9.95. The van der Waals surface area contributed by atoms with Crippen LogP contribution in [0.25, 0.3) is 0 Å². The van der Waals surface area contributed by atoms with E-state index in [2.05, 4.69) is 0 Å². The average molecular weight is 239 g/mol. The molecule has 1 unspecified atom stereocenters. The van der Waals surface area contributed by atoms with Crippen molar-refractivity contribution < 1.29 is 14.2 Å². The van der Waals surface area contributed by atoms with E-state index < -0.39 is 17.5 Å². The smallest absolute Gasteiger partial charge is 0.165 e. The van der Waals surface area contributed by atoms with Crippen LogP contribution in [0.2, 0.25) is 0 Å². The molecule has 4 heteroatoms. The second kappa shape index (κ2) is 4.63. The second-order valence-corrected chi connectivity index (χ2v) is 4.71. The highest BCUT2D eigenvalue weighted by Crippen LogP contribution is 2.41. The molecule has 0 saturated heterocycles. The maximum Gasteiger partial charge on any atom is 0.165 e. The van der Waals surface area contributed by atoms with Crippen molar-refractivity contribution in [3.05, 3.63) is 29.6 Å². The molecule has 1 aromatic carbocycles. The molecule has 1 aliphatic rings. The Hall–Kier alpha value is -1.13. The number of halogens is 1. The minimum atomic E-state index is -0.879. The lowest BCUT2D eigenvalue weighted by atomic mass is 9.86. The maximum atomic E-state index is 13.5. The molecule has 1 fully saturated rings. The minimum Gasteiger partial charge on any atom is -0.493 e. The van der Waals surface area contributed by atoms with Crippen LogP contribution in [-0.4, -0.2) is 17.8 Å². The standard InChI is InChI=1S/C13H18FNO2/c1-17-11-9(5-4-6-10(11)14)12(16)13(15)7-2-3-8-13/h4-6,12,16H,2-3,7-8,15H2,1H3. The van der Waals surface area contributed by atoms with Crippen LogP contribution in [-0.2, 0) is 0 Å². The van der Waals surface area contributed by atoms with E-state index >= 15 is 0 Å². The van der Waals surface area contributed by atoms with Crippen molar-refractivity contribution >= 4 is 0 Å². The van der Waals surface area contributed by atoms with Gasteiger partial charge in [0.2, 0.25) is 0 Å². The molecule has 94 valence electrons. The van der Waals surface area contributed by atoms with Crippen molar-refractivity contribution in [3.8, 4) is 5.75 Å². The highest BCUT2D eigenvalue weighted by atomic mass is 19.1. The molecule has 0 spiro atoms. The number of methoxy groups -OCH3 is 1. The summed E-state index contributed by atoms with van der Waals surface area (Å²) in [5.41, 5.74) is 5.97. The fourth-order valence-corrected chi connectivity index (χ4v) is 2.57. The fourth-order valence-electron chi connectivity index (χ4n) is 2.57. The lowest BCUT2D eigenvalue weighted by Crippen LogP contribution is -2.43. The lowest BCUT2D eigenvalue weighted by Gasteiger charge is -2.31. The molecular formula is C13H18FNO2. The van der Waals surface area contributed by atoms with Crippen molar-refractivity contribution in [3.63, 3.8) is 0 Å². The molecule has 1 saturated carbocycles. The molecule has 0 amide bonds. The van der Waals surface area contributed by atoms with E-state index in [-0.39, 0.29) is 5.75 Å². The molecule has 1 aliphatic carbocycles. The van der Waals surface area contributed by atoms with Crippen LogP contribution in [0.3, 0.4) is 0 Å². The predicted molar refractivity (Wildman–Crippen MR) is 63.3 cm³/mol. The highest BCUT2D eigenvalue weighted by molar-refractivity contribution is 5.38. The number of para-hydroxylation sites is 1. The topological polar surface area (TPSA) is 55.5 Å². The van der Waals surface area contributed by atoms with Crippen LogP contribution < -0.4 is 10.5 Å². The van der Waals surface area contributed by atoms with Crippen molar-refractivity contribution in [2.75, 3.05) is 7.11 Å². The van der Waals surface area contributed by atoms with E-state index in [0.717, 1.165) is 25.7 Å². The summed E-state index contributed by atoms with van der Waals surface area (Å²) >= 11 is 0. The number of aliphatic hydroxyl groups is 1. The number of benzene rings is 1. The van der Waals surface area contributed by atoms with Gasteiger partial charge in [-0.25, -0.2) is 4.39 Å². The maximum absolute atomic E-state index is 13.5. The van der Waals surface area contributed by atoms with Gasteiger partial charge < -0.3 is 15.6 Å². The Bertz CT molecular complexity index is 402. The molecule has 0 bridgehead atoms. The van der Waals surface area contributed by atoms with Crippen LogP contribution in [0, 0.1) is 5.82 Å². The molecule has 0 radical (unpaired) electrons. The third-order valence-electron chi connectivity index (χ3n) is 3.58. The Labute approximate surface area is 100 Å². The third kappa shape index (κ3) is 2.15. The molecule has 0 aromatic heterocycles. The molecule has 3 nitrogen and oxygen atoms in total. The Kier molecular flexibility index (Phi) is 3.35. The van der Waals surface area contributed by atoms with E-state index in [0.29, 0.717) is 5.56 Å². The van der Waals surface area contributed by atoms with Gasteiger partial charge in [-0.05, 0) is 18.9 Å². The fraction of sp³-hybridized carbons (Fsp3) is 0.538. The van der Waals surface area contributed by atoms with Gasteiger partial charge in [0.1, 0.15) is 6.10 Å². The Balaban J connectivity index is 2.36. The number of aliphatic hydroxyl groups excluding tert-OH is 1. The Morgan fingerprint density at radius 1 is 1.41 bits per heavy atom. The summed E-state index contributed by atoms with van der Waals surface area (Å²) in [6.07, 6.45) is 2.65. The van der Waals surface area contributed by atoms with Crippen molar-refractivity contribution in [1.82, 2.24) is 0 Å². The van der Waals surface area contributed by atoms with Gasteiger partial charge in [-0.1, -0.05) is 25.0 Å². The molecule has 17 heavy (non-hydrogen) atoms. The largest absolute Gasteiger partial charge is 0.493 e. The van der Waals surface area contributed by atoms with Crippen LogP contribution >= 0.6 is 0 Å². The van der Waals surface area contributed by atoms with Crippen molar-refractivity contribution in [2.24, 2.45) is 5.73 Å². The van der Waals surface area contributed by atoms with Gasteiger partial charge >= 0.3 is 0 Å². The first-order valence-corrected chi connectivity index (χ1v) is 5.88. The highest BCUT2D eigenvalue weighted by Gasteiger charge is 2.39. The number of hydrogen-bond donors (Lipinski definition) is 2. The van der Waals surface area contributed by atoms with E-state index in [9.17, 15) is 9.50 Å². The number of rotatable bonds is 3. The number of ether oxygens (including phenoxy) is 1. The van der Waals surface area contributed by atoms with Crippen LogP contribution in [0.15, 0.2) is 18.2 Å². The van der Waals surface area contributed by atoms with Gasteiger partial charge in [0.15, 0.2) is 11.6 Å². The molecule has 1 aromatic rings. The van der Waals surface area contributed by atoms with Gasteiger partial charge in [0.05, 0.1) is 7.11 Å². The zero-order chi connectivity index (χ0) is 12.5. The summed E-state index contributed by atoms with van der Waals surface area (Å²) in [5, 5.41) is 10.3. The van der Waals surface area contributed by atoms with E-state index in [1.807, 2.05) is 0 Å². The molecule has 0 aliphatic heterocycles. The van der Waals surface area contributed by atoms with Gasteiger partial charge in [0.25, 0.3) is 0 Å². The summed E-state index contributed by atoms with van der Waals surface area (Å²) in [4.78, 5) is 0. The summed E-state index contributed by atoms with van der Waals surface area (Å²) in [7, 11) is 1.40. The number of nitrogens with two attached hydrogens (primary N) is 1. The first-order valence-electron chi connectivity index (χ1n) is 5.88. The summed E-state index contributed by atoms with van der Waals surface area (Å²) in [5.74, 6) is -0.373. The zero-order valence-corrected chi connectivity index (χ0v) is 9.95. The lowest BCUT2D eigenvalue weighted by molar-refractivity contribution is 0.0841. The molecule has 3 N–H and O–H groups in total. The minimum absolute atomic E-state index is 0.0942. The van der Waals surface area contributed by atoms with Gasteiger partial charge in [0, 0.05) is 11.1 Å². The normalized spacial score (nSPS) is 20.2. The monoisotopic (exact) mass is 239 g/mol. The van der Waals surface area contributed by atoms with Crippen LogP contribution in [0.5, 0.6) is 5.75 Å². The number of hydrogen-bond acceptors (Lipinski definition) is 3. The Morgan fingerprint density at radius 2 is 2.06 bits per heavy atom. The second-order valence-electron chi connectivity index (χ2n) is 4.71. The quantitative estimate of drug-likeness (QED) is 0.849. The molecule has 0 heterocycles. The first-order chi connectivity index (χ1) is 8.08. The van der Waals surface area contributed by atoms with Gasteiger partial charge in [-0.2, -0.15) is 0 Å². The summed E-state index contributed by atoms with van der Waals surface area (Å²) in [6.45, 7) is 0.